The van der Waals surface area contributed by atoms with Crippen molar-refractivity contribution in [3.63, 3.8) is 0 Å². The number of hydrogen-bond acceptors (Lipinski definition) is 2. The predicted molar refractivity (Wildman–Crippen MR) is 74.3 cm³/mol. The zero-order valence-electron chi connectivity index (χ0n) is 9.86. The fourth-order valence-electron chi connectivity index (χ4n) is 2.00. The zero-order chi connectivity index (χ0) is 12.1. The Hall–Kier alpha value is -0.800. The molecule has 1 aliphatic carbocycles. The molecule has 0 fully saturated rings. The monoisotopic (exact) mass is 295 g/mol. The molecule has 0 aromatic heterocycles. The van der Waals surface area contributed by atoms with Gasteiger partial charge in [0.25, 0.3) is 0 Å². The summed E-state index contributed by atoms with van der Waals surface area (Å²) >= 11 is 3.55. The first kappa shape index (κ1) is 12.7. The van der Waals surface area contributed by atoms with Crippen molar-refractivity contribution in [1.82, 2.24) is 0 Å². The van der Waals surface area contributed by atoms with E-state index in [-0.39, 0.29) is 6.10 Å². The van der Waals surface area contributed by atoms with E-state index in [1.54, 1.807) is 0 Å². The lowest BCUT2D eigenvalue weighted by molar-refractivity contribution is 0.228. The number of nitrogens with two attached hydrogens (primary N) is 1. The van der Waals surface area contributed by atoms with Crippen LogP contribution in [0.25, 0.3) is 0 Å². The average Bonchev–Trinajstić information content (AvgIpc) is 2.34. The first-order chi connectivity index (χ1) is 8.29. The van der Waals surface area contributed by atoms with E-state index in [1.807, 2.05) is 6.07 Å². The number of benzene rings is 1. The van der Waals surface area contributed by atoms with Gasteiger partial charge in [0.1, 0.15) is 11.9 Å². The normalized spacial score (nSPS) is 19.3. The second-order valence-electron chi connectivity index (χ2n) is 4.32. The van der Waals surface area contributed by atoms with E-state index in [0.717, 1.165) is 23.1 Å². The summed E-state index contributed by atoms with van der Waals surface area (Å²) in [6.07, 6.45) is 8.98. The van der Waals surface area contributed by atoms with Crippen LogP contribution in [0.15, 0.2) is 34.8 Å². The van der Waals surface area contributed by atoms with E-state index in [0.29, 0.717) is 6.54 Å². The molecule has 0 radical (unpaired) electrons. The molecule has 1 aromatic rings. The Morgan fingerprint density at radius 3 is 2.94 bits per heavy atom. The van der Waals surface area contributed by atoms with Gasteiger partial charge in [0.15, 0.2) is 0 Å². The molecule has 3 heteroatoms. The van der Waals surface area contributed by atoms with Gasteiger partial charge < -0.3 is 10.5 Å². The van der Waals surface area contributed by atoms with E-state index < -0.39 is 0 Å². The fourth-order valence-corrected chi connectivity index (χ4v) is 2.52. The Bertz CT molecular complexity index is 403. The van der Waals surface area contributed by atoms with E-state index >= 15 is 0 Å². The van der Waals surface area contributed by atoms with Crippen molar-refractivity contribution >= 4 is 15.9 Å². The summed E-state index contributed by atoms with van der Waals surface area (Å²) in [4.78, 5) is 0. The third kappa shape index (κ3) is 3.58. The molecule has 0 bridgehead atoms. The van der Waals surface area contributed by atoms with Gasteiger partial charge in [0.2, 0.25) is 0 Å². The molecule has 2 N–H and O–H groups in total. The van der Waals surface area contributed by atoms with Crippen molar-refractivity contribution in [3.8, 4) is 5.75 Å². The van der Waals surface area contributed by atoms with Gasteiger partial charge >= 0.3 is 0 Å². The summed E-state index contributed by atoms with van der Waals surface area (Å²) in [5.74, 6) is 0.919. The van der Waals surface area contributed by atoms with Gasteiger partial charge in [-0.25, -0.2) is 0 Å². The van der Waals surface area contributed by atoms with Gasteiger partial charge in [-0.15, -0.1) is 0 Å². The van der Waals surface area contributed by atoms with Gasteiger partial charge in [0, 0.05) is 0 Å². The highest BCUT2D eigenvalue weighted by atomic mass is 79.9. The Kier molecular flexibility index (Phi) is 4.63. The number of halogens is 1. The molecule has 1 aromatic carbocycles. The predicted octanol–water partition coefficient (Wildman–Crippen LogP) is 3.44. The zero-order valence-corrected chi connectivity index (χ0v) is 11.4. The topological polar surface area (TPSA) is 35.2 Å². The number of hydrogen-bond donors (Lipinski definition) is 1. The lowest BCUT2D eigenvalue weighted by atomic mass is 10.1. The average molecular weight is 296 g/mol. The molecule has 1 aliphatic rings. The minimum atomic E-state index is 0.223. The number of ether oxygens (including phenoxy) is 1. The van der Waals surface area contributed by atoms with E-state index in [4.69, 9.17) is 10.5 Å². The van der Waals surface area contributed by atoms with E-state index in [2.05, 4.69) is 40.2 Å². The Labute approximate surface area is 111 Å². The number of rotatable bonds is 4. The van der Waals surface area contributed by atoms with Gasteiger partial charge in [-0.3, -0.25) is 0 Å². The van der Waals surface area contributed by atoms with Crippen molar-refractivity contribution < 1.29 is 4.74 Å². The largest absolute Gasteiger partial charge is 0.485 e. The molecule has 2 nitrogen and oxygen atoms in total. The van der Waals surface area contributed by atoms with Crippen molar-refractivity contribution in [3.05, 3.63) is 40.4 Å². The maximum absolute atomic E-state index is 5.95. The van der Waals surface area contributed by atoms with Crippen LogP contribution in [0.2, 0.25) is 0 Å². The van der Waals surface area contributed by atoms with Gasteiger partial charge in [-0.1, -0.05) is 12.1 Å². The quantitative estimate of drug-likeness (QED) is 0.864. The molecule has 0 amide bonds. The molecule has 0 aliphatic heterocycles. The van der Waals surface area contributed by atoms with Crippen molar-refractivity contribution in [1.29, 1.82) is 0 Å². The summed E-state index contributed by atoms with van der Waals surface area (Å²) in [6, 6.07) is 6.20. The van der Waals surface area contributed by atoms with Gasteiger partial charge in [0.05, 0.1) is 4.47 Å². The summed E-state index contributed by atoms with van der Waals surface area (Å²) < 4.78 is 6.97. The van der Waals surface area contributed by atoms with Crippen molar-refractivity contribution in [2.45, 2.75) is 31.8 Å². The van der Waals surface area contributed by atoms with Crippen LogP contribution in [0.5, 0.6) is 5.75 Å². The second kappa shape index (κ2) is 6.22. The van der Waals surface area contributed by atoms with Crippen LogP contribution in [0.3, 0.4) is 0 Å². The smallest absolute Gasteiger partial charge is 0.134 e. The highest BCUT2D eigenvalue weighted by molar-refractivity contribution is 9.10. The van der Waals surface area contributed by atoms with Crippen LogP contribution in [0, 0.1) is 0 Å². The van der Waals surface area contributed by atoms with Crippen LogP contribution < -0.4 is 10.5 Å². The molecule has 1 atom stereocenters. The van der Waals surface area contributed by atoms with E-state index in [1.165, 1.54) is 18.4 Å². The summed E-state index contributed by atoms with van der Waals surface area (Å²) in [6.45, 7) is 0.679. The van der Waals surface area contributed by atoms with Crippen LogP contribution in [-0.4, -0.2) is 12.6 Å². The minimum absolute atomic E-state index is 0.223. The summed E-state index contributed by atoms with van der Waals surface area (Å²) in [7, 11) is 0. The van der Waals surface area contributed by atoms with Crippen LogP contribution >= 0.6 is 15.9 Å². The fraction of sp³-hybridized carbons (Fsp3) is 0.429. The highest BCUT2D eigenvalue weighted by Crippen LogP contribution is 2.28. The number of allylic oxidation sites excluding steroid dienone is 1. The van der Waals surface area contributed by atoms with Crippen LogP contribution in [0.1, 0.15) is 24.8 Å². The van der Waals surface area contributed by atoms with Crippen LogP contribution in [0.4, 0.5) is 0 Å². The third-order valence-electron chi connectivity index (χ3n) is 2.92. The Morgan fingerprint density at radius 1 is 1.41 bits per heavy atom. The maximum atomic E-state index is 5.95. The molecule has 1 unspecified atom stereocenters. The second-order valence-corrected chi connectivity index (χ2v) is 5.17. The maximum Gasteiger partial charge on any atom is 0.134 e. The van der Waals surface area contributed by atoms with Gasteiger partial charge in [-0.2, -0.15) is 0 Å². The minimum Gasteiger partial charge on any atom is -0.485 e. The highest BCUT2D eigenvalue weighted by Gasteiger charge is 2.11. The summed E-state index contributed by atoms with van der Waals surface area (Å²) in [5, 5.41) is 0. The molecule has 0 spiro atoms. The molecule has 0 saturated carbocycles. The Balaban J connectivity index is 2.05. The van der Waals surface area contributed by atoms with Crippen molar-refractivity contribution in [2.75, 3.05) is 6.54 Å². The van der Waals surface area contributed by atoms with Crippen molar-refractivity contribution in [2.24, 2.45) is 5.73 Å². The molecular formula is C14H18BrNO. The standard InChI is InChI=1S/C14H18BrNO/c15-13-10-11(8-9-16)6-7-14(13)17-12-4-2-1-3-5-12/h2,4,6-7,10,12H,1,3,5,8-9,16H2. The molecule has 2 rings (SSSR count). The molecular weight excluding hydrogens is 278 g/mol. The third-order valence-corrected chi connectivity index (χ3v) is 3.54. The molecule has 0 heterocycles. The lowest BCUT2D eigenvalue weighted by Gasteiger charge is -2.19. The first-order valence-electron chi connectivity index (χ1n) is 6.11. The molecule has 92 valence electrons. The first-order valence-corrected chi connectivity index (χ1v) is 6.90. The SMILES string of the molecule is NCCc1ccc(OC2C=CCCC2)c(Br)c1. The molecule has 17 heavy (non-hydrogen) atoms. The van der Waals surface area contributed by atoms with Crippen LogP contribution in [-0.2, 0) is 6.42 Å². The molecule has 0 saturated heterocycles. The summed E-state index contributed by atoms with van der Waals surface area (Å²) in [5.41, 5.74) is 6.78. The van der Waals surface area contributed by atoms with E-state index in [9.17, 15) is 0 Å². The lowest BCUT2D eigenvalue weighted by Crippen LogP contribution is -2.15. The Morgan fingerprint density at radius 2 is 2.29 bits per heavy atom. The van der Waals surface area contributed by atoms with Gasteiger partial charge in [-0.05, 0) is 71.9 Å².